The minimum Gasteiger partial charge on any atom is -0.424 e. The maximum Gasteiger partial charge on any atom is 0.480 e. The van der Waals surface area contributed by atoms with Crippen molar-refractivity contribution in [2.45, 2.75) is 193 Å². The Morgan fingerprint density at radius 2 is 0.989 bits per heavy atom. The Kier molecular flexibility index (Phi) is 21.9. The molecule has 0 aromatic carbocycles. The second kappa shape index (κ2) is 28.3. The van der Waals surface area contributed by atoms with Crippen molar-refractivity contribution in [1.29, 1.82) is 0 Å². The molecule has 6 N–H and O–H groups in total. The molecule has 2 amide bonds. The van der Waals surface area contributed by atoms with Crippen LogP contribution in [0.3, 0.4) is 0 Å². The predicted octanol–water partition coefficient (Wildman–Crippen LogP) is 13.1. The highest BCUT2D eigenvalue weighted by Crippen LogP contribution is 2.44. The van der Waals surface area contributed by atoms with Gasteiger partial charge in [0.1, 0.15) is 23.3 Å². The second-order valence-corrected chi connectivity index (χ2v) is 34.7. The van der Waals surface area contributed by atoms with Crippen LogP contribution in [0.25, 0.3) is 6.08 Å². The summed E-state index contributed by atoms with van der Waals surface area (Å²) in [5, 5.41) is 23.2. The van der Waals surface area contributed by atoms with Crippen LogP contribution in [0.1, 0.15) is 210 Å². The van der Waals surface area contributed by atoms with Gasteiger partial charge in [-0.25, -0.2) is 29.4 Å². The van der Waals surface area contributed by atoms with Crippen LogP contribution in [-0.4, -0.2) is 99.9 Å². The topological polar surface area (TPSA) is 275 Å². The number of halogens is 1. The molecule has 20 nitrogen and oxygen atoms in total. The van der Waals surface area contributed by atoms with Crippen molar-refractivity contribution in [2.24, 2.45) is 22.7 Å². The first-order chi connectivity index (χ1) is 43.6. The molecule has 504 valence electrons. The summed E-state index contributed by atoms with van der Waals surface area (Å²) in [5.41, 5.74) is 3.82. The van der Waals surface area contributed by atoms with Gasteiger partial charge in [0.05, 0.1) is 34.6 Å². The summed E-state index contributed by atoms with van der Waals surface area (Å²) in [6.07, 6.45) is 14.7. The first kappa shape index (κ1) is 72.7. The monoisotopic (exact) mass is 1380 g/mol. The van der Waals surface area contributed by atoms with Crippen LogP contribution >= 0.6 is 15.9 Å². The predicted molar refractivity (Wildman–Crippen MR) is 377 cm³/mol. The molecule has 4 aliphatic rings. The molecule has 24 heteroatoms. The molecule has 0 aliphatic carbocycles. The lowest BCUT2D eigenvalue weighted by Gasteiger charge is -2.34. The standard InChI is InChI=1S/C35H46N6O3S.C29H35BrN6O3S.C6H13BO2/c1-33(2,3)18-16-23-17-19-36-27(20-23)26-14-12-24-21-35(7,8)41(22-24)31-25(13-15-28(38-31)34(4,5)6)32(42)40-45(43,44)30-11-9-10-29(37-26)39-30;1-28(2,3)23-12-10-20-26(33-23)36-17-18(16-29(36,4)5)9-11-21(22-15-19(30)13-14-31-22)32-24-7-6-8-25(34-24)40(38,39)35-27(20)37;1-6(2,3)4-5-7(8)9/h9-11,13,15-20,24,26H,12,14,21-22H2,1-8H3,(H,37,39)(H,40,42);6-8,10,12-15,18,21H,9,11,16-17H2,1-5H3,(H,32,34)(H,35,37);4-5,8-9H,1-3H3/b18-16+;;/t24-,26?;18-,21?;/m00./s1. The molecule has 2 fully saturated rings. The van der Waals surface area contributed by atoms with Crippen LogP contribution in [0.15, 0.2) is 130 Å². The van der Waals surface area contributed by atoms with E-state index >= 15 is 0 Å². The van der Waals surface area contributed by atoms with Crippen molar-refractivity contribution < 1.29 is 36.5 Å². The van der Waals surface area contributed by atoms with E-state index in [1.54, 1.807) is 54.7 Å². The van der Waals surface area contributed by atoms with Crippen molar-refractivity contribution >= 4 is 84.3 Å². The SMILES string of the molecule is CC(C)(C)/C=C/c1ccnc(C2CC[C@@H]3CN(c4nc(C(C)(C)C)ccc4C(=O)NS(=O)(=O)c4cccc(n4)N2)C(C)(C)C3)c1.CC(C)(C)C=CB(O)O.CC(C)(C)c1ccc2c(n1)N1C[C@@H](CCC(c3cc(Br)ccn3)Nc3cccc(n3)S(=O)(=O)NC2=O)CC1(C)C. The summed E-state index contributed by atoms with van der Waals surface area (Å²) in [5.74, 6) is 2.35. The van der Waals surface area contributed by atoms with Gasteiger partial charge in [-0.05, 0) is 167 Å². The van der Waals surface area contributed by atoms with Gasteiger partial charge >= 0.3 is 7.12 Å². The van der Waals surface area contributed by atoms with E-state index < -0.39 is 39.0 Å². The van der Waals surface area contributed by atoms with Crippen LogP contribution in [0.5, 0.6) is 0 Å². The number of amides is 2. The van der Waals surface area contributed by atoms with Gasteiger partial charge < -0.3 is 30.5 Å². The molecule has 10 heterocycles. The van der Waals surface area contributed by atoms with Gasteiger partial charge in [-0.1, -0.05) is 135 Å². The average Bonchev–Trinajstić information content (AvgIpc) is 1.55. The first-order valence-corrected chi connectivity index (χ1v) is 35.8. The maximum atomic E-state index is 13.7. The third-order valence-electron chi connectivity index (χ3n) is 16.8. The number of hydrogen-bond acceptors (Lipinski definition) is 18. The second-order valence-electron chi connectivity index (χ2n) is 30.5. The van der Waals surface area contributed by atoms with Crippen LogP contribution in [0, 0.1) is 22.7 Å². The zero-order chi connectivity index (χ0) is 69.1. The maximum absolute atomic E-state index is 13.7. The number of pyridine rings is 6. The quantitative estimate of drug-likeness (QED) is 0.0895. The fourth-order valence-electron chi connectivity index (χ4n) is 12.0. The zero-order valence-corrected chi connectivity index (χ0v) is 60.4. The van der Waals surface area contributed by atoms with E-state index in [1.165, 1.54) is 18.1 Å². The first-order valence-electron chi connectivity index (χ1n) is 32.1. The number of allylic oxidation sites excluding steroid dienone is 2. The summed E-state index contributed by atoms with van der Waals surface area (Å²) in [6, 6.07) is 24.0. The Bertz CT molecular complexity index is 4030. The van der Waals surface area contributed by atoms with E-state index in [0.717, 1.165) is 71.3 Å². The fourth-order valence-corrected chi connectivity index (χ4v) is 14.2. The molecule has 6 aromatic rings. The molecule has 2 saturated heterocycles. The number of anilines is 4. The molecule has 94 heavy (non-hydrogen) atoms. The number of sulfonamides is 2. The molecule has 0 spiro atoms. The van der Waals surface area contributed by atoms with Crippen LogP contribution in [0.4, 0.5) is 23.3 Å². The number of fused-ring (bicyclic) bond motifs is 12. The minimum absolute atomic E-state index is 0.0315. The van der Waals surface area contributed by atoms with E-state index in [9.17, 15) is 26.4 Å². The molecule has 6 aromatic heterocycles. The molecule has 10 rings (SSSR count). The molecule has 4 atom stereocenters. The Hall–Kier alpha value is -7.12. The van der Waals surface area contributed by atoms with Crippen LogP contribution in [0.2, 0.25) is 0 Å². The Morgan fingerprint density at radius 1 is 0.564 bits per heavy atom. The Balaban J connectivity index is 0.000000214. The van der Waals surface area contributed by atoms with Crippen LogP contribution in [-0.2, 0) is 30.9 Å². The lowest BCUT2D eigenvalue weighted by Crippen LogP contribution is -2.41. The van der Waals surface area contributed by atoms with Crippen molar-refractivity contribution in [1.82, 2.24) is 39.3 Å². The van der Waals surface area contributed by atoms with Gasteiger partial charge in [0.15, 0.2) is 10.1 Å². The molecular formula is C70H94BBrN12O8S2. The van der Waals surface area contributed by atoms with E-state index in [2.05, 4.69) is 169 Å². The fraction of sp³-hybridized carbons (Fsp3) is 0.486. The Morgan fingerprint density at radius 3 is 1.38 bits per heavy atom. The van der Waals surface area contributed by atoms with Crippen molar-refractivity contribution in [3.63, 3.8) is 0 Å². The number of nitrogens with one attached hydrogen (secondary N) is 4. The molecule has 8 bridgehead atoms. The zero-order valence-electron chi connectivity index (χ0n) is 57.2. The Labute approximate surface area is 565 Å². The lowest BCUT2D eigenvalue weighted by atomic mass is 9.85. The number of nitrogens with zero attached hydrogens (tertiary/aromatic N) is 8. The summed E-state index contributed by atoms with van der Waals surface area (Å²) in [4.78, 5) is 59.7. The minimum atomic E-state index is -4.28. The molecule has 4 aliphatic heterocycles. The molecule has 2 unspecified atom stereocenters. The number of rotatable bonds is 4. The van der Waals surface area contributed by atoms with Crippen molar-refractivity contribution in [3.8, 4) is 0 Å². The smallest absolute Gasteiger partial charge is 0.424 e. The highest BCUT2D eigenvalue weighted by molar-refractivity contribution is 9.10. The molecular weight excluding hydrogens is 1290 g/mol. The van der Waals surface area contributed by atoms with Gasteiger partial charge in [0.25, 0.3) is 31.9 Å². The normalized spacial score (nSPS) is 21.1. The average molecular weight is 1390 g/mol. The van der Waals surface area contributed by atoms with Gasteiger partial charge in [-0.3, -0.25) is 19.6 Å². The van der Waals surface area contributed by atoms with Gasteiger partial charge in [-0.15, -0.1) is 0 Å². The van der Waals surface area contributed by atoms with Crippen LogP contribution < -0.4 is 29.9 Å². The lowest BCUT2D eigenvalue weighted by molar-refractivity contribution is 0.0972. The number of hydrogen-bond donors (Lipinski definition) is 6. The largest absolute Gasteiger partial charge is 0.480 e. The van der Waals surface area contributed by atoms with Gasteiger partial charge in [0, 0.05) is 63.3 Å². The number of aromatic nitrogens is 6. The molecule has 0 radical (unpaired) electrons. The number of carbonyl (C=O) groups is 2. The third-order valence-corrected chi connectivity index (χ3v) is 19.8. The van der Waals surface area contributed by atoms with E-state index in [4.69, 9.17) is 25.0 Å². The summed E-state index contributed by atoms with van der Waals surface area (Å²) >= 11 is 3.54. The highest BCUT2D eigenvalue weighted by Gasteiger charge is 2.44. The van der Waals surface area contributed by atoms with Crippen molar-refractivity contribution in [2.75, 3.05) is 33.5 Å². The van der Waals surface area contributed by atoms with E-state index in [0.29, 0.717) is 48.2 Å². The highest BCUT2D eigenvalue weighted by atomic mass is 79.9. The van der Waals surface area contributed by atoms with Gasteiger partial charge in [-0.2, -0.15) is 16.8 Å². The third kappa shape index (κ3) is 19.1. The van der Waals surface area contributed by atoms with Crippen molar-refractivity contribution in [3.05, 3.63) is 159 Å². The van der Waals surface area contributed by atoms with E-state index in [-0.39, 0.29) is 66.0 Å². The summed E-state index contributed by atoms with van der Waals surface area (Å²) < 4.78 is 59.2. The van der Waals surface area contributed by atoms with Gasteiger partial charge in [0.2, 0.25) is 0 Å². The molecule has 0 saturated carbocycles. The summed E-state index contributed by atoms with van der Waals surface area (Å²) in [6.45, 7) is 34.9. The summed E-state index contributed by atoms with van der Waals surface area (Å²) in [7, 11) is -9.86. The number of carbonyl (C=O) groups excluding carboxylic acids is 2. The van der Waals surface area contributed by atoms with E-state index in [1.807, 2.05) is 51.2 Å².